The summed E-state index contributed by atoms with van der Waals surface area (Å²) >= 11 is 0. The molecular weight excluding hydrogens is 346 g/mol. The standard InChI is InChI=1S/C19H33N5O3/c1-7-14(2)21-16(25)13-23-10-11-24(18(26)27-19(3,4)5)12-15(23)17-20-8-9-22(17)6/h8-9,14-15H,7,10-13H2,1-6H3,(H,21,25)/t14-,15-/m0/s1. The molecule has 2 heterocycles. The van der Waals surface area contributed by atoms with E-state index in [-0.39, 0.29) is 30.6 Å². The quantitative estimate of drug-likeness (QED) is 0.846. The fourth-order valence-corrected chi connectivity index (χ4v) is 3.05. The molecule has 27 heavy (non-hydrogen) atoms. The highest BCUT2D eigenvalue weighted by Crippen LogP contribution is 2.25. The van der Waals surface area contributed by atoms with Gasteiger partial charge in [0.2, 0.25) is 5.91 Å². The SMILES string of the molecule is CC[C@H](C)NC(=O)CN1CCN(C(=O)OC(C)(C)C)C[C@H]1c1nccn1C. The second-order valence-electron chi connectivity index (χ2n) is 8.19. The normalized spacial score (nSPS) is 19.6. The Balaban J connectivity index is 2.12. The van der Waals surface area contributed by atoms with Gasteiger partial charge in [-0.1, -0.05) is 6.92 Å². The molecule has 152 valence electrons. The van der Waals surface area contributed by atoms with E-state index >= 15 is 0 Å². The Labute approximate surface area is 161 Å². The summed E-state index contributed by atoms with van der Waals surface area (Å²) < 4.78 is 7.45. The maximum atomic E-state index is 12.5. The molecule has 0 spiro atoms. The van der Waals surface area contributed by atoms with Gasteiger partial charge in [-0.2, -0.15) is 0 Å². The molecule has 1 aromatic rings. The molecule has 0 aromatic carbocycles. The van der Waals surface area contributed by atoms with Crippen LogP contribution in [0.2, 0.25) is 0 Å². The summed E-state index contributed by atoms with van der Waals surface area (Å²) in [7, 11) is 1.92. The number of amides is 2. The fourth-order valence-electron chi connectivity index (χ4n) is 3.05. The zero-order chi connectivity index (χ0) is 20.2. The van der Waals surface area contributed by atoms with Crippen molar-refractivity contribution in [2.24, 2.45) is 7.05 Å². The topological polar surface area (TPSA) is 79.7 Å². The summed E-state index contributed by atoms with van der Waals surface area (Å²) in [5, 5.41) is 3.01. The lowest BCUT2D eigenvalue weighted by Gasteiger charge is -2.41. The van der Waals surface area contributed by atoms with Crippen LogP contribution in [0.25, 0.3) is 0 Å². The summed E-state index contributed by atoms with van der Waals surface area (Å²) in [6.07, 6.45) is 4.17. The molecule has 2 atom stereocenters. The molecule has 0 bridgehead atoms. The zero-order valence-corrected chi connectivity index (χ0v) is 17.4. The van der Waals surface area contributed by atoms with Gasteiger partial charge < -0.3 is 19.5 Å². The summed E-state index contributed by atoms with van der Waals surface area (Å²) in [5.74, 6) is 0.828. The van der Waals surface area contributed by atoms with Crippen LogP contribution in [0.1, 0.15) is 52.9 Å². The molecule has 8 nitrogen and oxygen atoms in total. The average Bonchev–Trinajstić information content (AvgIpc) is 2.99. The Morgan fingerprint density at radius 2 is 2.07 bits per heavy atom. The van der Waals surface area contributed by atoms with E-state index in [4.69, 9.17) is 4.74 Å². The van der Waals surface area contributed by atoms with Gasteiger partial charge in [-0.15, -0.1) is 0 Å². The second-order valence-corrected chi connectivity index (χ2v) is 8.19. The lowest BCUT2D eigenvalue weighted by atomic mass is 10.1. The first-order valence-electron chi connectivity index (χ1n) is 9.59. The molecule has 0 radical (unpaired) electrons. The van der Waals surface area contributed by atoms with Gasteiger partial charge in [0.15, 0.2) is 0 Å². The van der Waals surface area contributed by atoms with Gasteiger partial charge >= 0.3 is 6.09 Å². The van der Waals surface area contributed by atoms with Crippen LogP contribution in [-0.2, 0) is 16.6 Å². The third-order valence-corrected chi connectivity index (χ3v) is 4.67. The number of nitrogens with one attached hydrogen (secondary N) is 1. The number of hydrogen-bond donors (Lipinski definition) is 1. The molecule has 0 unspecified atom stereocenters. The van der Waals surface area contributed by atoms with Gasteiger partial charge in [0, 0.05) is 45.1 Å². The maximum Gasteiger partial charge on any atom is 0.410 e. The average molecular weight is 380 g/mol. The smallest absolute Gasteiger partial charge is 0.410 e. The zero-order valence-electron chi connectivity index (χ0n) is 17.4. The Bertz CT molecular complexity index is 652. The third-order valence-electron chi connectivity index (χ3n) is 4.67. The van der Waals surface area contributed by atoms with E-state index in [9.17, 15) is 9.59 Å². The third kappa shape index (κ3) is 5.95. The number of rotatable bonds is 5. The monoisotopic (exact) mass is 379 g/mol. The van der Waals surface area contributed by atoms with Crippen molar-refractivity contribution in [2.45, 2.75) is 58.7 Å². The fraction of sp³-hybridized carbons (Fsp3) is 0.737. The van der Waals surface area contributed by atoms with E-state index in [0.717, 1.165) is 12.2 Å². The summed E-state index contributed by atoms with van der Waals surface area (Å²) in [6, 6.07) is -0.0129. The van der Waals surface area contributed by atoms with Gasteiger partial charge in [-0.25, -0.2) is 9.78 Å². The Hall–Kier alpha value is -2.09. The number of aryl methyl sites for hydroxylation is 1. The first-order valence-corrected chi connectivity index (χ1v) is 9.59. The number of carbonyl (C=O) groups excluding carboxylic acids is 2. The minimum Gasteiger partial charge on any atom is -0.444 e. The van der Waals surface area contributed by atoms with Gasteiger partial charge in [-0.05, 0) is 34.1 Å². The van der Waals surface area contributed by atoms with E-state index in [1.807, 2.05) is 52.4 Å². The van der Waals surface area contributed by atoms with Crippen molar-refractivity contribution in [3.63, 3.8) is 0 Å². The van der Waals surface area contributed by atoms with E-state index in [1.54, 1.807) is 11.1 Å². The Morgan fingerprint density at radius 3 is 2.63 bits per heavy atom. The van der Waals surface area contributed by atoms with Crippen molar-refractivity contribution >= 4 is 12.0 Å². The highest BCUT2D eigenvalue weighted by Gasteiger charge is 2.35. The molecule has 0 saturated carbocycles. The van der Waals surface area contributed by atoms with Gasteiger partial charge in [0.1, 0.15) is 11.4 Å². The summed E-state index contributed by atoms with van der Waals surface area (Å²) in [4.78, 5) is 33.1. The van der Waals surface area contributed by atoms with Crippen molar-refractivity contribution in [2.75, 3.05) is 26.2 Å². The minimum absolute atomic E-state index is 0.00530. The second kappa shape index (κ2) is 8.73. The van der Waals surface area contributed by atoms with Crippen molar-refractivity contribution in [1.82, 2.24) is 24.7 Å². The van der Waals surface area contributed by atoms with Gasteiger partial charge in [0.25, 0.3) is 0 Å². The summed E-state index contributed by atoms with van der Waals surface area (Å²) in [6.45, 7) is 11.4. The molecular formula is C19H33N5O3. The number of hydrogen-bond acceptors (Lipinski definition) is 5. The summed E-state index contributed by atoms with van der Waals surface area (Å²) in [5.41, 5.74) is -0.539. The van der Waals surface area contributed by atoms with Crippen molar-refractivity contribution in [3.8, 4) is 0 Å². The molecule has 1 N–H and O–H groups in total. The van der Waals surface area contributed by atoms with Crippen molar-refractivity contribution in [3.05, 3.63) is 18.2 Å². The first kappa shape index (κ1) is 21.2. The molecule has 1 aromatic heterocycles. The van der Waals surface area contributed by atoms with Crippen molar-refractivity contribution in [1.29, 1.82) is 0 Å². The largest absolute Gasteiger partial charge is 0.444 e. The highest BCUT2D eigenvalue weighted by atomic mass is 16.6. The minimum atomic E-state index is -0.539. The number of carbonyl (C=O) groups is 2. The van der Waals surface area contributed by atoms with Crippen molar-refractivity contribution < 1.29 is 14.3 Å². The van der Waals surface area contributed by atoms with E-state index in [2.05, 4.69) is 15.2 Å². The van der Waals surface area contributed by atoms with Crippen LogP contribution in [0.3, 0.4) is 0 Å². The van der Waals surface area contributed by atoms with Gasteiger partial charge in [-0.3, -0.25) is 9.69 Å². The predicted molar refractivity (Wildman–Crippen MR) is 103 cm³/mol. The van der Waals surface area contributed by atoms with Crippen LogP contribution in [-0.4, -0.2) is 69.2 Å². The maximum absolute atomic E-state index is 12.5. The number of imidazole rings is 1. The molecule has 1 saturated heterocycles. The first-order chi connectivity index (χ1) is 12.6. The molecule has 2 amide bonds. The predicted octanol–water partition coefficient (Wildman–Crippen LogP) is 1.93. The van der Waals surface area contributed by atoms with E-state index in [0.29, 0.717) is 19.6 Å². The lowest BCUT2D eigenvalue weighted by Crippen LogP contribution is -2.54. The van der Waals surface area contributed by atoms with Crippen LogP contribution in [0, 0.1) is 0 Å². The van der Waals surface area contributed by atoms with Crippen LogP contribution in [0.5, 0.6) is 0 Å². The number of aromatic nitrogens is 2. The molecule has 1 fully saturated rings. The lowest BCUT2D eigenvalue weighted by molar-refractivity contribution is -0.124. The molecule has 0 aliphatic carbocycles. The number of nitrogens with zero attached hydrogens (tertiary/aromatic N) is 4. The van der Waals surface area contributed by atoms with Crippen LogP contribution >= 0.6 is 0 Å². The van der Waals surface area contributed by atoms with Crippen LogP contribution in [0.4, 0.5) is 4.79 Å². The van der Waals surface area contributed by atoms with E-state index < -0.39 is 5.60 Å². The highest BCUT2D eigenvalue weighted by molar-refractivity contribution is 5.78. The van der Waals surface area contributed by atoms with Gasteiger partial charge in [0.05, 0.1) is 12.6 Å². The Kier molecular flexibility index (Phi) is 6.86. The van der Waals surface area contributed by atoms with E-state index in [1.165, 1.54) is 0 Å². The number of ether oxygens (including phenoxy) is 1. The Morgan fingerprint density at radius 1 is 1.37 bits per heavy atom. The number of piperazine rings is 1. The molecule has 1 aliphatic heterocycles. The molecule has 2 rings (SSSR count). The van der Waals surface area contributed by atoms with Crippen LogP contribution < -0.4 is 5.32 Å². The van der Waals surface area contributed by atoms with Crippen LogP contribution in [0.15, 0.2) is 12.4 Å². The molecule has 1 aliphatic rings. The molecule has 8 heteroatoms.